The van der Waals surface area contributed by atoms with Crippen LogP contribution >= 0.6 is 0 Å². The van der Waals surface area contributed by atoms with Crippen LogP contribution in [0.25, 0.3) is 0 Å². The van der Waals surface area contributed by atoms with Crippen molar-refractivity contribution in [3.63, 3.8) is 0 Å². The maximum atomic E-state index is 6.35. The van der Waals surface area contributed by atoms with Crippen LogP contribution in [0, 0.1) is 17.3 Å². The fourth-order valence-corrected chi connectivity index (χ4v) is 4.66. The Morgan fingerprint density at radius 2 is 2.05 bits per heavy atom. The van der Waals surface area contributed by atoms with E-state index in [4.69, 9.17) is 15.0 Å². The Morgan fingerprint density at radius 3 is 2.68 bits per heavy atom. The van der Waals surface area contributed by atoms with Gasteiger partial charge < -0.3 is 15.0 Å². The summed E-state index contributed by atoms with van der Waals surface area (Å²) in [6, 6.07) is 0. The highest BCUT2D eigenvalue weighted by Crippen LogP contribution is 2.65. The first kappa shape index (κ1) is 13.9. The molecule has 0 unspecified atom stereocenters. The van der Waals surface area contributed by atoms with Crippen LogP contribution in [0.2, 0.25) is 0 Å². The van der Waals surface area contributed by atoms with E-state index in [9.17, 15) is 0 Å². The molecule has 4 fully saturated rings. The summed E-state index contributed by atoms with van der Waals surface area (Å²) in [5.41, 5.74) is 6.56. The zero-order valence-electron chi connectivity index (χ0n) is 12.8. The van der Waals surface area contributed by atoms with Gasteiger partial charge >= 0.3 is 7.12 Å². The first-order valence-electron chi connectivity index (χ1n) is 7.98. The van der Waals surface area contributed by atoms with Crippen LogP contribution in [0.5, 0.6) is 0 Å². The Kier molecular flexibility index (Phi) is 3.27. The minimum absolute atomic E-state index is 0.0303. The highest BCUT2D eigenvalue weighted by Gasteiger charge is 2.68. The van der Waals surface area contributed by atoms with Crippen LogP contribution in [-0.2, 0) is 9.31 Å². The molecule has 4 rings (SSSR count). The lowest BCUT2D eigenvalue weighted by Crippen LogP contribution is -2.65. The second-order valence-electron chi connectivity index (χ2n) is 7.64. The molecule has 108 valence electrons. The number of hydrogen-bond acceptors (Lipinski definition) is 3. The average Bonchev–Trinajstić information content (AvgIpc) is 2.72. The molecule has 3 aliphatic carbocycles. The van der Waals surface area contributed by atoms with E-state index in [1.807, 2.05) is 0 Å². The minimum atomic E-state index is -0.184. The monoisotopic (exact) mass is 265 g/mol. The normalized spacial score (nSPS) is 44.7. The van der Waals surface area contributed by atoms with Crippen molar-refractivity contribution in [1.82, 2.24) is 0 Å². The lowest BCUT2D eigenvalue weighted by Gasteiger charge is -2.64. The predicted octanol–water partition coefficient (Wildman–Crippen LogP) is 2.77. The van der Waals surface area contributed by atoms with Gasteiger partial charge in [-0.25, -0.2) is 0 Å². The van der Waals surface area contributed by atoms with Gasteiger partial charge in [-0.15, -0.1) is 0 Å². The quantitative estimate of drug-likeness (QED) is 0.795. The molecule has 1 saturated heterocycles. The maximum absolute atomic E-state index is 6.35. The maximum Gasteiger partial charge on any atom is 0.475 e. The topological polar surface area (TPSA) is 44.5 Å². The van der Waals surface area contributed by atoms with E-state index < -0.39 is 0 Å². The molecule has 0 aromatic carbocycles. The van der Waals surface area contributed by atoms with Gasteiger partial charge in [-0.2, -0.15) is 0 Å². The van der Waals surface area contributed by atoms with E-state index in [0.717, 1.165) is 25.2 Å². The summed E-state index contributed by atoms with van der Waals surface area (Å²) in [6.45, 7) is 9.23. The van der Waals surface area contributed by atoms with Crippen LogP contribution in [0.15, 0.2) is 0 Å². The number of nitrogens with two attached hydrogens (primary N) is 1. The molecule has 3 saturated carbocycles. The number of hydrogen-bond donors (Lipinski definition) is 1. The fourth-order valence-electron chi connectivity index (χ4n) is 4.66. The van der Waals surface area contributed by atoms with Crippen molar-refractivity contribution in [2.24, 2.45) is 23.0 Å². The van der Waals surface area contributed by atoms with E-state index in [0.29, 0.717) is 11.3 Å². The van der Waals surface area contributed by atoms with Gasteiger partial charge in [-0.1, -0.05) is 33.6 Å². The number of unbranched alkanes of at least 4 members (excludes halogenated alkanes) is 1. The zero-order valence-corrected chi connectivity index (χ0v) is 12.8. The molecule has 3 nitrogen and oxygen atoms in total. The highest BCUT2D eigenvalue weighted by molar-refractivity contribution is 6.47. The van der Waals surface area contributed by atoms with Crippen molar-refractivity contribution in [3.8, 4) is 0 Å². The van der Waals surface area contributed by atoms with E-state index in [1.165, 1.54) is 12.8 Å². The summed E-state index contributed by atoms with van der Waals surface area (Å²) in [5.74, 6) is 1.47. The average molecular weight is 265 g/mol. The molecule has 0 radical (unpaired) electrons. The molecule has 1 heterocycles. The van der Waals surface area contributed by atoms with Crippen molar-refractivity contribution in [1.29, 1.82) is 0 Å². The molecule has 2 bridgehead atoms. The molecule has 4 aliphatic rings. The molecule has 2 N–H and O–H groups in total. The van der Waals surface area contributed by atoms with Gasteiger partial charge in [0.1, 0.15) is 0 Å². The molecular formula is C15H28BNO2. The molecular weight excluding hydrogens is 237 g/mol. The number of rotatable bonds is 4. The van der Waals surface area contributed by atoms with Crippen molar-refractivity contribution in [2.45, 2.75) is 77.4 Å². The summed E-state index contributed by atoms with van der Waals surface area (Å²) < 4.78 is 12.5. The molecule has 4 heteroatoms. The van der Waals surface area contributed by atoms with Crippen molar-refractivity contribution < 1.29 is 9.31 Å². The Balaban J connectivity index is 1.70. The third-order valence-corrected chi connectivity index (χ3v) is 6.21. The van der Waals surface area contributed by atoms with Gasteiger partial charge in [0.15, 0.2) is 0 Å². The van der Waals surface area contributed by atoms with Crippen molar-refractivity contribution in [3.05, 3.63) is 0 Å². The molecule has 0 spiro atoms. The van der Waals surface area contributed by atoms with Gasteiger partial charge in [-0.3, -0.25) is 0 Å². The molecule has 19 heavy (non-hydrogen) atoms. The van der Waals surface area contributed by atoms with E-state index in [2.05, 4.69) is 27.7 Å². The van der Waals surface area contributed by atoms with Gasteiger partial charge in [0.2, 0.25) is 0 Å². The van der Waals surface area contributed by atoms with Gasteiger partial charge in [0, 0.05) is 5.94 Å². The zero-order chi connectivity index (χ0) is 13.8. The predicted molar refractivity (Wildman–Crippen MR) is 77.6 cm³/mol. The minimum Gasteiger partial charge on any atom is -0.404 e. The standard InChI is InChI=1S/C15H28BNO2/c1-5-6-7-13(17)16-18-12-9-10-8-11(14(10,2)3)15(12,4)19-16/h10-13H,5-9,17H2,1-4H3/t10-,11-,12+,13+,15-/m0/s1. The summed E-state index contributed by atoms with van der Waals surface area (Å²) >= 11 is 0. The summed E-state index contributed by atoms with van der Waals surface area (Å²) in [7, 11) is -0.184. The van der Waals surface area contributed by atoms with E-state index >= 15 is 0 Å². The lowest BCUT2D eigenvalue weighted by molar-refractivity contribution is -0.199. The van der Waals surface area contributed by atoms with Crippen LogP contribution in [0.4, 0.5) is 0 Å². The van der Waals surface area contributed by atoms with Crippen LogP contribution in [0.3, 0.4) is 0 Å². The Morgan fingerprint density at radius 1 is 1.32 bits per heavy atom. The van der Waals surface area contributed by atoms with Gasteiger partial charge in [0.25, 0.3) is 0 Å². The smallest absolute Gasteiger partial charge is 0.404 e. The van der Waals surface area contributed by atoms with Crippen molar-refractivity contribution in [2.75, 3.05) is 0 Å². The Hall–Kier alpha value is -0.0551. The largest absolute Gasteiger partial charge is 0.475 e. The van der Waals surface area contributed by atoms with Crippen LogP contribution in [0.1, 0.15) is 59.8 Å². The van der Waals surface area contributed by atoms with E-state index in [1.54, 1.807) is 0 Å². The molecule has 0 amide bonds. The molecule has 5 atom stereocenters. The third-order valence-electron chi connectivity index (χ3n) is 6.21. The SMILES string of the molecule is CCCC[C@@H](N)B1O[C@@H]2C[C@@H]3C[C@@H](C3(C)C)[C@]2(C)O1. The summed E-state index contributed by atoms with van der Waals surface area (Å²) in [4.78, 5) is 0. The van der Waals surface area contributed by atoms with Crippen LogP contribution in [-0.4, -0.2) is 24.8 Å². The molecule has 1 aliphatic heterocycles. The van der Waals surface area contributed by atoms with E-state index in [-0.39, 0.29) is 24.8 Å². The Bertz CT molecular complexity index is 362. The lowest BCUT2D eigenvalue weighted by atomic mass is 9.43. The van der Waals surface area contributed by atoms with Gasteiger partial charge in [0.05, 0.1) is 11.7 Å². The fraction of sp³-hybridized carbons (Fsp3) is 1.00. The Labute approximate surface area is 117 Å². The van der Waals surface area contributed by atoms with Crippen LogP contribution < -0.4 is 5.73 Å². The first-order chi connectivity index (χ1) is 8.89. The first-order valence-corrected chi connectivity index (χ1v) is 7.98. The third kappa shape index (κ3) is 1.90. The highest BCUT2D eigenvalue weighted by atomic mass is 16.7. The molecule has 0 aromatic rings. The molecule has 0 aromatic heterocycles. The van der Waals surface area contributed by atoms with Crippen molar-refractivity contribution >= 4 is 7.12 Å². The summed E-state index contributed by atoms with van der Waals surface area (Å²) in [5, 5.41) is 0. The second kappa shape index (κ2) is 4.47. The summed E-state index contributed by atoms with van der Waals surface area (Å²) in [6.07, 6.45) is 6.06. The second-order valence-corrected chi connectivity index (χ2v) is 7.64. The van der Waals surface area contributed by atoms with Gasteiger partial charge in [-0.05, 0) is 43.4 Å².